The summed E-state index contributed by atoms with van der Waals surface area (Å²) >= 11 is 5.90. The smallest absolute Gasteiger partial charge is 0.236 e. The highest BCUT2D eigenvalue weighted by Crippen LogP contribution is 2.20. The monoisotopic (exact) mass is 293 g/mol. The van der Waals surface area contributed by atoms with Gasteiger partial charge in [0.05, 0.1) is 6.54 Å². The van der Waals surface area contributed by atoms with E-state index in [1.54, 1.807) is 0 Å². The van der Waals surface area contributed by atoms with E-state index in [0.29, 0.717) is 12.6 Å². The van der Waals surface area contributed by atoms with Gasteiger partial charge in [-0.2, -0.15) is 0 Å². The van der Waals surface area contributed by atoms with E-state index < -0.39 is 0 Å². The first kappa shape index (κ1) is 13.7. The molecule has 1 aliphatic carbocycles. The molecular formula is C15H20ClN3O. The van der Waals surface area contributed by atoms with Crippen molar-refractivity contribution >= 4 is 23.2 Å². The fourth-order valence-electron chi connectivity index (χ4n) is 2.50. The molecule has 1 aliphatic heterocycles. The van der Waals surface area contributed by atoms with Crippen LogP contribution in [0.15, 0.2) is 24.3 Å². The van der Waals surface area contributed by atoms with Crippen LogP contribution in [0.1, 0.15) is 12.8 Å². The molecule has 4 nitrogen and oxygen atoms in total. The zero-order valence-electron chi connectivity index (χ0n) is 11.5. The van der Waals surface area contributed by atoms with E-state index in [9.17, 15) is 4.79 Å². The third-order valence-electron chi connectivity index (χ3n) is 3.94. The van der Waals surface area contributed by atoms with Crippen molar-refractivity contribution in [2.75, 3.05) is 37.6 Å². The lowest BCUT2D eigenvalue weighted by Gasteiger charge is -2.36. The van der Waals surface area contributed by atoms with E-state index in [2.05, 4.69) is 10.2 Å². The number of amides is 1. The van der Waals surface area contributed by atoms with E-state index in [-0.39, 0.29) is 5.91 Å². The van der Waals surface area contributed by atoms with E-state index >= 15 is 0 Å². The maximum Gasteiger partial charge on any atom is 0.236 e. The molecule has 0 radical (unpaired) electrons. The summed E-state index contributed by atoms with van der Waals surface area (Å²) in [6.45, 7) is 3.86. The van der Waals surface area contributed by atoms with Crippen LogP contribution in [0.3, 0.4) is 0 Å². The van der Waals surface area contributed by atoms with Crippen LogP contribution in [0.5, 0.6) is 0 Å². The molecule has 1 saturated carbocycles. The zero-order valence-corrected chi connectivity index (χ0v) is 12.3. The molecule has 0 bridgehead atoms. The molecule has 0 unspecified atom stereocenters. The van der Waals surface area contributed by atoms with Crippen molar-refractivity contribution in [3.8, 4) is 0 Å². The molecule has 0 aromatic heterocycles. The maximum absolute atomic E-state index is 12.0. The molecule has 1 N–H and O–H groups in total. The first-order chi connectivity index (χ1) is 9.72. The van der Waals surface area contributed by atoms with Crippen molar-refractivity contribution in [1.82, 2.24) is 10.2 Å². The molecule has 1 aromatic rings. The Labute approximate surface area is 124 Å². The molecule has 3 rings (SSSR count). The van der Waals surface area contributed by atoms with Crippen LogP contribution in [0.2, 0.25) is 5.02 Å². The summed E-state index contributed by atoms with van der Waals surface area (Å²) in [5, 5.41) is 4.04. The summed E-state index contributed by atoms with van der Waals surface area (Å²) < 4.78 is 0. The largest absolute Gasteiger partial charge is 0.368 e. The average Bonchev–Trinajstić information content (AvgIpc) is 3.30. The van der Waals surface area contributed by atoms with Crippen LogP contribution in [0.25, 0.3) is 0 Å². The summed E-state index contributed by atoms with van der Waals surface area (Å²) in [4.78, 5) is 16.3. The van der Waals surface area contributed by atoms with Gasteiger partial charge < -0.3 is 15.1 Å². The second-order valence-electron chi connectivity index (χ2n) is 5.50. The first-order valence-corrected chi connectivity index (χ1v) is 7.62. The Morgan fingerprint density at radius 2 is 1.80 bits per heavy atom. The standard InChI is InChI=1S/C15H20ClN3O/c16-12-1-5-14(6-2-12)18-7-9-19(10-8-18)15(20)11-17-13-3-4-13/h1-2,5-6,13,17H,3-4,7-11H2. The van der Waals surface area contributed by atoms with E-state index in [4.69, 9.17) is 11.6 Å². The normalized spacial score (nSPS) is 19.2. The van der Waals surface area contributed by atoms with Gasteiger partial charge in [0.15, 0.2) is 0 Å². The van der Waals surface area contributed by atoms with Gasteiger partial charge in [-0.3, -0.25) is 4.79 Å². The molecule has 5 heteroatoms. The summed E-state index contributed by atoms with van der Waals surface area (Å²) in [6.07, 6.45) is 2.44. The van der Waals surface area contributed by atoms with Gasteiger partial charge >= 0.3 is 0 Å². The molecule has 1 heterocycles. The number of halogens is 1. The molecular weight excluding hydrogens is 274 g/mol. The molecule has 20 heavy (non-hydrogen) atoms. The predicted molar refractivity (Wildman–Crippen MR) is 81.3 cm³/mol. The van der Waals surface area contributed by atoms with Crippen LogP contribution in [0.4, 0.5) is 5.69 Å². The van der Waals surface area contributed by atoms with Crippen molar-refractivity contribution in [3.05, 3.63) is 29.3 Å². The number of anilines is 1. The van der Waals surface area contributed by atoms with Gasteiger partial charge in [-0.1, -0.05) is 11.6 Å². The predicted octanol–water partition coefficient (Wildman–Crippen LogP) is 1.74. The molecule has 0 spiro atoms. The van der Waals surface area contributed by atoms with Crippen LogP contribution in [-0.4, -0.2) is 49.6 Å². The number of carbonyl (C=O) groups excluding carboxylic acids is 1. The van der Waals surface area contributed by atoms with Crippen molar-refractivity contribution in [2.45, 2.75) is 18.9 Å². The lowest BCUT2D eigenvalue weighted by atomic mass is 10.2. The molecule has 0 atom stereocenters. The van der Waals surface area contributed by atoms with Crippen LogP contribution >= 0.6 is 11.6 Å². The second-order valence-corrected chi connectivity index (χ2v) is 5.94. The minimum absolute atomic E-state index is 0.229. The van der Waals surface area contributed by atoms with Crippen molar-refractivity contribution in [3.63, 3.8) is 0 Å². The Bertz CT molecular complexity index is 465. The Morgan fingerprint density at radius 1 is 1.15 bits per heavy atom. The summed E-state index contributed by atoms with van der Waals surface area (Å²) in [5.74, 6) is 0.229. The molecule has 2 fully saturated rings. The van der Waals surface area contributed by atoms with E-state index in [1.807, 2.05) is 29.2 Å². The van der Waals surface area contributed by atoms with Crippen molar-refractivity contribution < 1.29 is 4.79 Å². The third-order valence-corrected chi connectivity index (χ3v) is 4.20. The number of hydrogen-bond donors (Lipinski definition) is 1. The number of hydrogen-bond acceptors (Lipinski definition) is 3. The average molecular weight is 294 g/mol. The maximum atomic E-state index is 12.0. The van der Waals surface area contributed by atoms with Gasteiger partial charge in [0.2, 0.25) is 5.91 Å². The highest BCUT2D eigenvalue weighted by molar-refractivity contribution is 6.30. The minimum atomic E-state index is 0.229. The fourth-order valence-corrected chi connectivity index (χ4v) is 2.62. The molecule has 108 valence electrons. The SMILES string of the molecule is O=C(CNC1CC1)N1CCN(c2ccc(Cl)cc2)CC1. The fraction of sp³-hybridized carbons (Fsp3) is 0.533. The van der Waals surface area contributed by atoms with Gasteiger partial charge in [-0.15, -0.1) is 0 Å². The lowest BCUT2D eigenvalue weighted by molar-refractivity contribution is -0.130. The van der Waals surface area contributed by atoms with Crippen LogP contribution in [0, 0.1) is 0 Å². The number of piperazine rings is 1. The Morgan fingerprint density at radius 3 is 2.40 bits per heavy atom. The quantitative estimate of drug-likeness (QED) is 0.918. The number of benzene rings is 1. The Balaban J connectivity index is 1.48. The Hall–Kier alpha value is -1.26. The van der Waals surface area contributed by atoms with E-state index in [1.165, 1.54) is 18.5 Å². The van der Waals surface area contributed by atoms with Gasteiger partial charge in [0.25, 0.3) is 0 Å². The summed E-state index contributed by atoms with van der Waals surface area (Å²) in [7, 11) is 0. The zero-order chi connectivity index (χ0) is 13.9. The molecule has 1 amide bonds. The Kier molecular flexibility index (Phi) is 4.13. The van der Waals surface area contributed by atoms with Gasteiger partial charge in [0, 0.05) is 42.9 Å². The molecule has 2 aliphatic rings. The number of nitrogens with one attached hydrogen (secondary N) is 1. The van der Waals surface area contributed by atoms with Crippen LogP contribution in [-0.2, 0) is 4.79 Å². The molecule has 1 aromatic carbocycles. The number of nitrogens with zero attached hydrogens (tertiary/aromatic N) is 2. The number of rotatable bonds is 4. The lowest BCUT2D eigenvalue weighted by Crippen LogP contribution is -2.51. The summed E-state index contributed by atoms with van der Waals surface area (Å²) in [5.41, 5.74) is 1.18. The minimum Gasteiger partial charge on any atom is -0.368 e. The van der Waals surface area contributed by atoms with Crippen LogP contribution < -0.4 is 10.2 Å². The highest BCUT2D eigenvalue weighted by atomic mass is 35.5. The van der Waals surface area contributed by atoms with Crippen molar-refractivity contribution in [2.24, 2.45) is 0 Å². The summed E-state index contributed by atoms with van der Waals surface area (Å²) in [6, 6.07) is 8.49. The number of carbonyl (C=O) groups is 1. The topological polar surface area (TPSA) is 35.6 Å². The van der Waals surface area contributed by atoms with E-state index in [0.717, 1.165) is 31.2 Å². The molecule has 1 saturated heterocycles. The first-order valence-electron chi connectivity index (χ1n) is 7.24. The van der Waals surface area contributed by atoms with Crippen molar-refractivity contribution in [1.29, 1.82) is 0 Å². The van der Waals surface area contributed by atoms with Gasteiger partial charge in [-0.05, 0) is 37.1 Å². The van der Waals surface area contributed by atoms with Gasteiger partial charge in [-0.25, -0.2) is 0 Å². The third kappa shape index (κ3) is 3.44. The highest BCUT2D eigenvalue weighted by Gasteiger charge is 2.24. The second kappa shape index (κ2) is 6.02. The van der Waals surface area contributed by atoms with Gasteiger partial charge in [0.1, 0.15) is 0 Å².